The molecule has 0 atom stereocenters. The van der Waals surface area contributed by atoms with Gasteiger partial charge in [-0.2, -0.15) is 0 Å². The molecule has 1 heterocycles. The molecular formula is C26H26ClN5O4. The van der Waals surface area contributed by atoms with Gasteiger partial charge in [-0.3, -0.25) is 9.59 Å². The molecule has 0 bridgehead atoms. The number of nitrogens with zero attached hydrogens (tertiary/aromatic N) is 2. The van der Waals surface area contributed by atoms with Gasteiger partial charge in [0.1, 0.15) is 12.4 Å². The number of carbonyl (C=O) groups is 2. The fourth-order valence-electron chi connectivity index (χ4n) is 3.33. The summed E-state index contributed by atoms with van der Waals surface area (Å²) in [6.07, 6.45) is 6.21. The highest BCUT2D eigenvalue weighted by Gasteiger charge is 2.25. The Bertz CT molecular complexity index is 1290. The van der Waals surface area contributed by atoms with Crippen LogP contribution in [-0.2, 0) is 11.4 Å². The zero-order chi connectivity index (χ0) is 25.7. The van der Waals surface area contributed by atoms with Crippen molar-refractivity contribution >= 4 is 40.7 Å². The molecule has 1 aliphatic carbocycles. The Labute approximate surface area is 213 Å². The molecule has 1 aliphatic rings. The molecule has 0 aliphatic heterocycles. The lowest BCUT2D eigenvalue weighted by molar-refractivity contribution is -0.111. The molecule has 1 saturated carbocycles. The molecule has 2 aromatic carbocycles. The molecule has 1 fully saturated rings. The van der Waals surface area contributed by atoms with Crippen molar-refractivity contribution in [3.8, 4) is 11.5 Å². The van der Waals surface area contributed by atoms with Crippen molar-refractivity contribution in [1.82, 2.24) is 15.3 Å². The molecule has 0 saturated heterocycles. The van der Waals surface area contributed by atoms with E-state index in [1.165, 1.54) is 25.6 Å². The second-order valence-corrected chi connectivity index (χ2v) is 8.68. The van der Waals surface area contributed by atoms with Crippen molar-refractivity contribution in [2.75, 3.05) is 17.7 Å². The number of nitrogens with one attached hydrogen (secondary N) is 3. The molecule has 186 valence electrons. The summed E-state index contributed by atoms with van der Waals surface area (Å²) in [5.41, 5.74) is 3.24. The van der Waals surface area contributed by atoms with Crippen LogP contribution in [0.25, 0.3) is 0 Å². The van der Waals surface area contributed by atoms with Crippen LogP contribution in [0.2, 0.25) is 5.02 Å². The predicted molar refractivity (Wildman–Crippen MR) is 138 cm³/mol. The van der Waals surface area contributed by atoms with E-state index in [1.807, 2.05) is 25.1 Å². The maximum Gasteiger partial charge on any atom is 0.251 e. The van der Waals surface area contributed by atoms with Gasteiger partial charge in [-0.25, -0.2) is 9.97 Å². The molecule has 9 nitrogen and oxygen atoms in total. The van der Waals surface area contributed by atoms with Gasteiger partial charge in [0.05, 0.1) is 35.9 Å². The Morgan fingerprint density at radius 1 is 1.17 bits per heavy atom. The van der Waals surface area contributed by atoms with E-state index < -0.39 is 0 Å². The van der Waals surface area contributed by atoms with E-state index in [1.54, 1.807) is 12.1 Å². The van der Waals surface area contributed by atoms with Crippen LogP contribution >= 0.6 is 11.6 Å². The second-order valence-electron chi connectivity index (χ2n) is 8.30. The summed E-state index contributed by atoms with van der Waals surface area (Å²) in [6, 6.07) is 9.10. The summed E-state index contributed by atoms with van der Waals surface area (Å²) < 4.78 is 11.2. The Morgan fingerprint density at radius 3 is 2.58 bits per heavy atom. The summed E-state index contributed by atoms with van der Waals surface area (Å²) in [6.45, 7) is 5.49. The summed E-state index contributed by atoms with van der Waals surface area (Å²) in [5, 5.41) is 9.17. The first-order valence-electron chi connectivity index (χ1n) is 11.3. The van der Waals surface area contributed by atoms with Gasteiger partial charge >= 0.3 is 0 Å². The summed E-state index contributed by atoms with van der Waals surface area (Å²) in [5.74, 6) is 0.628. The van der Waals surface area contributed by atoms with Crippen molar-refractivity contribution in [2.45, 2.75) is 32.4 Å². The van der Waals surface area contributed by atoms with Gasteiger partial charge in [-0.15, -0.1) is 0 Å². The fourth-order valence-corrected chi connectivity index (χ4v) is 3.57. The van der Waals surface area contributed by atoms with E-state index in [0.29, 0.717) is 45.0 Å². The van der Waals surface area contributed by atoms with Crippen molar-refractivity contribution < 1.29 is 19.1 Å². The number of aryl methyl sites for hydroxylation is 1. The van der Waals surface area contributed by atoms with Crippen LogP contribution in [-0.4, -0.2) is 34.9 Å². The molecular weight excluding hydrogens is 482 g/mol. The summed E-state index contributed by atoms with van der Waals surface area (Å²) in [7, 11) is 1.50. The van der Waals surface area contributed by atoms with Crippen LogP contribution < -0.4 is 25.4 Å². The predicted octanol–water partition coefficient (Wildman–Crippen LogP) is 4.79. The smallest absolute Gasteiger partial charge is 0.251 e. The molecule has 36 heavy (non-hydrogen) atoms. The van der Waals surface area contributed by atoms with E-state index in [4.69, 9.17) is 21.1 Å². The minimum atomic E-state index is -0.322. The third-order valence-electron chi connectivity index (χ3n) is 5.40. The van der Waals surface area contributed by atoms with Crippen molar-refractivity contribution in [1.29, 1.82) is 0 Å². The van der Waals surface area contributed by atoms with E-state index in [-0.39, 0.29) is 24.5 Å². The lowest BCUT2D eigenvalue weighted by Gasteiger charge is -2.14. The van der Waals surface area contributed by atoms with Crippen LogP contribution in [0.5, 0.6) is 11.5 Å². The number of amides is 2. The van der Waals surface area contributed by atoms with E-state index >= 15 is 0 Å². The maximum atomic E-state index is 12.5. The molecule has 2 amide bonds. The SMILES string of the molecule is C=CC(=O)Nc1cc(C)ccc1Nc1ncc(OCc2cc(C(=O)NC3CC3)cc(OC)c2Cl)cn1. The highest BCUT2D eigenvalue weighted by atomic mass is 35.5. The topological polar surface area (TPSA) is 114 Å². The fraction of sp³-hybridized carbons (Fsp3) is 0.231. The number of aromatic nitrogens is 2. The molecule has 10 heteroatoms. The number of ether oxygens (including phenoxy) is 2. The number of halogens is 1. The zero-order valence-corrected chi connectivity index (χ0v) is 20.7. The van der Waals surface area contributed by atoms with Gasteiger partial charge in [0.15, 0.2) is 5.75 Å². The first kappa shape index (κ1) is 25.0. The number of benzene rings is 2. The molecule has 0 unspecified atom stereocenters. The Hall–Kier alpha value is -4.11. The summed E-state index contributed by atoms with van der Waals surface area (Å²) in [4.78, 5) is 32.8. The molecule has 1 aromatic heterocycles. The van der Waals surface area contributed by atoms with Crippen molar-refractivity contribution in [3.05, 3.63) is 77.1 Å². The first-order valence-corrected chi connectivity index (χ1v) is 11.7. The lowest BCUT2D eigenvalue weighted by Crippen LogP contribution is -2.25. The third-order valence-corrected chi connectivity index (χ3v) is 5.83. The van der Waals surface area contributed by atoms with Gasteiger partial charge in [0.2, 0.25) is 11.9 Å². The average Bonchev–Trinajstić information content (AvgIpc) is 3.69. The second kappa shape index (κ2) is 11.1. The standard InChI is InChI=1S/C26H26ClN5O4/c1-4-23(33)31-21-9-15(2)5-8-20(21)32-26-28-12-19(13-29-26)36-14-17-10-16(11-22(35-3)24(17)27)25(34)30-18-6-7-18/h4-5,8-13,18H,1,6-7,14H2,2-3H3,(H,30,34)(H,31,33)(H,28,29,32). The molecule has 3 aromatic rings. The van der Waals surface area contributed by atoms with Gasteiger partial charge in [0.25, 0.3) is 5.91 Å². The van der Waals surface area contributed by atoms with Crippen LogP contribution in [0.15, 0.2) is 55.4 Å². The molecule has 3 N–H and O–H groups in total. The van der Waals surface area contributed by atoms with E-state index in [9.17, 15) is 9.59 Å². The Morgan fingerprint density at radius 2 is 1.92 bits per heavy atom. The molecule has 0 radical (unpaired) electrons. The normalized spacial score (nSPS) is 12.4. The van der Waals surface area contributed by atoms with Crippen LogP contribution in [0.3, 0.4) is 0 Å². The van der Waals surface area contributed by atoms with Crippen molar-refractivity contribution in [2.24, 2.45) is 0 Å². The number of hydrogen-bond acceptors (Lipinski definition) is 7. The maximum absolute atomic E-state index is 12.5. The van der Waals surface area contributed by atoms with Crippen LogP contribution in [0.4, 0.5) is 17.3 Å². The number of rotatable bonds is 10. The highest BCUT2D eigenvalue weighted by molar-refractivity contribution is 6.33. The number of hydrogen-bond donors (Lipinski definition) is 3. The Kier molecular flexibility index (Phi) is 7.70. The van der Waals surface area contributed by atoms with Gasteiger partial charge < -0.3 is 25.4 Å². The highest BCUT2D eigenvalue weighted by Crippen LogP contribution is 2.31. The zero-order valence-electron chi connectivity index (χ0n) is 19.9. The first-order chi connectivity index (χ1) is 17.4. The van der Waals surface area contributed by atoms with Gasteiger partial charge in [-0.05, 0) is 55.7 Å². The third kappa shape index (κ3) is 6.31. The molecule has 0 spiro atoms. The van der Waals surface area contributed by atoms with Gasteiger partial charge in [0, 0.05) is 17.2 Å². The number of carbonyl (C=O) groups excluding carboxylic acids is 2. The Balaban J connectivity index is 1.44. The number of anilines is 3. The quantitative estimate of drug-likeness (QED) is 0.338. The average molecular weight is 508 g/mol. The minimum absolute atomic E-state index is 0.0889. The monoisotopic (exact) mass is 507 g/mol. The molecule has 4 rings (SSSR count). The van der Waals surface area contributed by atoms with E-state index in [2.05, 4.69) is 32.5 Å². The van der Waals surface area contributed by atoms with E-state index in [0.717, 1.165) is 18.4 Å². The number of methoxy groups -OCH3 is 1. The van der Waals surface area contributed by atoms with Crippen molar-refractivity contribution in [3.63, 3.8) is 0 Å². The largest absolute Gasteiger partial charge is 0.495 e. The minimum Gasteiger partial charge on any atom is -0.495 e. The van der Waals surface area contributed by atoms with Crippen LogP contribution in [0.1, 0.15) is 34.3 Å². The van der Waals surface area contributed by atoms with Gasteiger partial charge in [-0.1, -0.05) is 24.2 Å². The van der Waals surface area contributed by atoms with Crippen LogP contribution in [0, 0.1) is 6.92 Å². The lowest BCUT2D eigenvalue weighted by atomic mass is 10.1. The summed E-state index contributed by atoms with van der Waals surface area (Å²) >= 11 is 6.44.